The number of nitrogens with zero attached hydrogens (tertiary/aromatic N) is 3. The summed E-state index contributed by atoms with van der Waals surface area (Å²) in [4.78, 5) is 25.7. The zero-order valence-electron chi connectivity index (χ0n) is 13.0. The second-order valence-electron chi connectivity index (χ2n) is 5.34. The summed E-state index contributed by atoms with van der Waals surface area (Å²) in [5.41, 5.74) is -0.188. The first-order valence-corrected chi connectivity index (χ1v) is 7.24. The maximum atomic E-state index is 13.8. The molecule has 3 rings (SSSR count). The highest BCUT2D eigenvalue weighted by atomic mass is 19.3. The molecular weight excluding hydrogens is 341 g/mol. The summed E-state index contributed by atoms with van der Waals surface area (Å²) in [7, 11) is 1.64. The van der Waals surface area contributed by atoms with Gasteiger partial charge < -0.3 is 15.0 Å². The van der Waals surface area contributed by atoms with Crippen LogP contribution in [-0.2, 0) is 6.54 Å². The van der Waals surface area contributed by atoms with E-state index in [9.17, 15) is 22.8 Å². The van der Waals surface area contributed by atoms with Gasteiger partial charge in [0.1, 0.15) is 17.3 Å². The van der Waals surface area contributed by atoms with Crippen LogP contribution in [0.4, 0.5) is 19.0 Å². The van der Waals surface area contributed by atoms with Gasteiger partial charge in [-0.05, 0) is 18.2 Å². The molecule has 0 unspecified atom stereocenters. The lowest BCUT2D eigenvalue weighted by molar-refractivity contribution is -0.0499. The molecule has 0 spiro atoms. The summed E-state index contributed by atoms with van der Waals surface area (Å²) in [5.74, 6) is -2.34. The second-order valence-corrected chi connectivity index (χ2v) is 5.34. The minimum Gasteiger partial charge on any atom is -0.435 e. The minimum absolute atomic E-state index is 0.0585. The van der Waals surface area contributed by atoms with Crippen LogP contribution in [0.5, 0.6) is 5.75 Å². The third-order valence-corrected chi connectivity index (χ3v) is 3.64. The highest BCUT2D eigenvalue weighted by Crippen LogP contribution is 2.21. The van der Waals surface area contributed by atoms with Gasteiger partial charge in [-0.1, -0.05) is 0 Å². The number of nitrogens with one attached hydrogen (secondary N) is 1. The van der Waals surface area contributed by atoms with Crippen LogP contribution in [0.3, 0.4) is 0 Å². The topological polar surface area (TPSA) is 76.5 Å². The van der Waals surface area contributed by atoms with E-state index < -0.39 is 23.9 Å². The van der Waals surface area contributed by atoms with Crippen molar-refractivity contribution < 1.29 is 27.5 Å². The number of rotatable bonds is 4. The van der Waals surface area contributed by atoms with E-state index in [2.05, 4.69) is 15.2 Å². The van der Waals surface area contributed by atoms with Crippen molar-refractivity contribution in [2.45, 2.75) is 13.2 Å². The van der Waals surface area contributed by atoms with Gasteiger partial charge in [0, 0.05) is 19.7 Å². The highest BCUT2D eigenvalue weighted by Gasteiger charge is 2.25. The monoisotopic (exact) mass is 354 g/mol. The fraction of sp³-hybridized carbons (Fsp3) is 0.267. The van der Waals surface area contributed by atoms with Crippen LogP contribution >= 0.6 is 0 Å². The number of ether oxygens (including phenoxy) is 1. The fourth-order valence-corrected chi connectivity index (χ4v) is 2.40. The van der Waals surface area contributed by atoms with E-state index in [1.165, 1.54) is 15.6 Å². The molecule has 1 N–H and O–H groups in total. The quantitative estimate of drug-likeness (QED) is 0.911. The lowest BCUT2D eigenvalue weighted by Crippen LogP contribution is -2.37. The molecule has 0 fully saturated rings. The van der Waals surface area contributed by atoms with E-state index in [1.807, 2.05) is 0 Å². The van der Waals surface area contributed by atoms with Gasteiger partial charge >= 0.3 is 6.61 Å². The molecule has 1 aromatic heterocycles. The predicted octanol–water partition coefficient (Wildman–Crippen LogP) is 1.96. The van der Waals surface area contributed by atoms with Crippen LogP contribution in [0.2, 0.25) is 0 Å². The van der Waals surface area contributed by atoms with Gasteiger partial charge in [-0.15, -0.1) is 0 Å². The SMILES string of the molecule is CN1CCn2nc(NC(=O)c3cc(OC(F)F)ccc3F)cc2C1=O. The molecule has 7 nitrogen and oxygen atoms in total. The van der Waals surface area contributed by atoms with Gasteiger partial charge in [-0.2, -0.15) is 13.9 Å². The van der Waals surface area contributed by atoms with Crippen molar-refractivity contribution in [2.75, 3.05) is 18.9 Å². The number of fused-ring (bicyclic) bond motifs is 1. The van der Waals surface area contributed by atoms with Crippen molar-refractivity contribution in [3.8, 4) is 5.75 Å². The first-order chi connectivity index (χ1) is 11.8. The molecule has 10 heteroatoms. The predicted molar refractivity (Wildman–Crippen MR) is 80.2 cm³/mol. The third-order valence-electron chi connectivity index (χ3n) is 3.64. The smallest absolute Gasteiger partial charge is 0.387 e. The molecule has 25 heavy (non-hydrogen) atoms. The van der Waals surface area contributed by atoms with Crippen LogP contribution < -0.4 is 10.1 Å². The molecule has 1 aliphatic heterocycles. The number of carbonyl (C=O) groups is 2. The number of carbonyl (C=O) groups excluding carboxylic acids is 2. The fourth-order valence-electron chi connectivity index (χ4n) is 2.40. The molecule has 132 valence electrons. The summed E-state index contributed by atoms with van der Waals surface area (Å²) in [6.45, 7) is -2.16. The summed E-state index contributed by atoms with van der Waals surface area (Å²) in [5, 5.41) is 6.41. The third kappa shape index (κ3) is 3.42. The van der Waals surface area contributed by atoms with Crippen molar-refractivity contribution in [1.29, 1.82) is 0 Å². The van der Waals surface area contributed by atoms with Gasteiger partial charge in [-0.3, -0.25) is 14.3 Å². The number of amides is 2. The Labute approximate surface area is 140 Å². The molecule has 0 saturated heterocycles. The molecule has 0 bridgehead atoms. The minimum atomic E-state index is -3.09. The van der Waals surface area contributed by atoms with E-state index >= 15 is 0 Å². The Morgan fingerprint density at radius 3 is 2.80 bits per heavy atom. The van der Waals surface area contributed by atoms with Crippen LogP contribution in [0.25, 0.3) is 0 Å². The Bertz CT molecular complexity index is 837. The summed E-state index contributed by atoms with van der Waals surface area (Å²) in [6, 6.07) is 4.07. The Kier molecular flexibility index (Phi) is 4.34. The van der Waals surface area contributed by atoms with Gasteiger partial charge in [0.15, 0.2) is 5.82 Å². The number of aromatic nitrogens is 2. The van der Waals surface area contributed by atoms with E-state index in [0.717, 1.165) is 18.2 Å². The Hall–Kier alpha value is -3.04. The molecule has 0 aliphatic carbocycles. The molecule has 2 aromatic rings. The molecule has 1 aromatic carbocycles. The first kappa shape index (κ1) is 16.8. The van der Waals surface area contributed by atoms with E-state index in [1.54, 1.807) is 7.05 Å². The lowest BCUT2D eigenvalue weighted by Gasteiger charge is -2.22. The average Bonchev–Trinajstić information content (AvgIpc) is 2.95. The van der Waals surface area contributed by atoms with Gasteiger partial charge in [0.25, 0.3) is 11.8 Å². The van der Waals surface area contributed by atoms with Crippen LogP contribution in [0.15, 0.2) is 24.3 Å². The van der Waals surface area contributed by atoms with Crippen molar-refractivity contribution in [3.63, 3.8) is 0 Å². The normalized spacial score (nSPS) is 13.8. The van der Waals surface area contributed by atoms with Crippen molar-refractivity contribution in [3.05, 3.63) is 41.3 Å². The molecule has 0 atom stereocenters. The Morgan fingerprint density at radius 1 is 1.32 bits per heavy atom. The standard InChI is InChI=1S/C15H13F3N4O3/c1-21-4-5-22-11(14(21)24)7-12(20-22)19-13(23)9-6-8(25-15(17)18)2-3-10(9)16/h2-3,6-7,15H,4-5H2,1H3,(H,19,20,23). The van der Waals surface area contributed by atoms with E-state index in [4.69, 9.17) is 0 Å². The van der Waals surface area contributed by atoms with Gasteiger partial charge in [0.05, 0.1) is 12.1 Å². The van der Waals surface area contributed by atoms with Crippen molar-refractivity contribution in [2.24, 2.45) is 0 Å². The van der Waals surface area contributed by atoms with Crippen LogP contribution in [0.1, 0.15) is 20.8 Å². The van der Waals surface area contributed by atoms with Crippen molar-refractivity contribution in [1.82, 2.24) is 14.7 Å². The largest absolute Gasteiger partial charge is 0.435 e. The summed E-state index contributed by atoms with van der Waals surface area (Å²) < 4.78 is 43.9. The molecular formula is C15H13F3N4O3. The Morgan fingerprint density at radius 2 is 2.08 bits per heavy atom. The van der Waals surface area contributed by atoms with Gasteiger partial charge in [0.2, 0.25) is 0 Å². The highest BCUT2D eigenvalue weighted by molar-refractivity contribution is 6.05. The molecule has 0 radical (unpaired) electrons. The van der Waals surface area contributed by atoms with E-state index in [-0.39, 0.29) is 17.5 Å². The van der Waals surface area contributed by atoms with Gasteiger partial charge in [-0.25, -0.2) is 4.39 Å². The van der Waals surface area contributed by atoms with Crippen molar-refractivity contribution >= 4 is 17.6 Å². The summed E-state index contributed by atoms with van der Waals surface area (Å²) in [6.07, 6.45) is 0. The van der Waals surface area contributed by atoms with E-state index in [0.29, 0.717) is 18.8 Å². The number of alkyl halides is 2. The average molecular weight is 354 g/mol. The number of halogens is 3. The van der Waals surface area contributed by atoms with Crippen LogP contribution in [-0.4, -0.2) is 46.7 Å². The molecule has 2 amide bonds. The maximum absolute atomic E-state index is 13.8. The number of benzene rings is 1. The zero-order valence-corrected chi connectivity index (χ0v) is 13.0. The van der Waals surface area contributed by atoms with Crippen LogP contribution in [0, 0.1) is 5.82 Å². The first-order valence-electron chi connectivity index (χ1n) is 7.24. The zero-order chi connectivity index (χ0) is 18.1. The number of hydrogen-bond acceptors (Lipinski definition) is 4. The second kappa shape index (κ2) is 6.46. The summed E-state index contributed by atoms with van der Waals surface area (Å²) >= 11 is 0. The molecule has 0 saturated carbocycles. The Balaban J connectivity index is 1.81. The lowest BCUT2D eigenvalue weighted by atomic mass is 10.2. The number of likely N-dealkylation sites (N-methyl/N-ethyl adjacent to an activating group) is 1. The number of hydrogen-bond donors (Lipinski definition) is 1. The number of anilines is 1. The molecule has 2 heterocycles. The molecule has 1 aliphatic rings. The maximum Gasteiger partial charge on any atom is 0.387 e.